The van der Waals surface area contributed by atoms with Gasteiger partial charge in [-0.2, -0.15) is 5.10 Å². The van der Waals surface area contributed by atoms with E-state index >= 15 is 0 Å². The molecule has 162 valence electrons. The molecule has 3 rings (SSSR count). The van der Waals surface area contributed by atoms with Gasteiger partial charge in [-0.3, -0.25) is 4.68 Å². The van der Waals surface area contributed by atoms with Gasteiger partial charge in [-0.1, -0.05) is 0 Å². The van der Waals surface area contributed by atoms with Crippen LogP contribution >= 0.6 is 24.0 Å². The molecule has 0 aliphatic carbocycles. The standard InChI is InChI=1S/C18H31N9O.HI/c1-14-23-24-17(26(14)3)11-20-18(19-7-9-28-4)22-15-6-5-8-27(12-15)16-10-21-25(2)13-16;/h10,13,15H,5-9,11-12H2,1-4H3,(H2,19,20,22);1H. The van der Waals surface area contributed by atoms with Gasteiger partial charge in [-0.05, 0) is 19.8 Å². The molecule has 1 unspecified atom stereocenters. The van der Waals surface area contributed by atoms with Crippen molar-refractivity contribution in [1.29, 1.82) is 0 Å². The summed E-state index contributed by atoms with van der Waals surface area (Å²) >= 11 is 0. The summed E-state index contributed by atoms with van der Waals surface area (Å²) in [7, 11) is 5.60. The van der Waals surface area contributed by atoms with Crippen LogP contribution in [0.5, 0.6) is 0 Å². The first kappa shape index (κ1) is 23.4. The molecule has 0 amide bonds. The van der Waals surface area contributed by atoms with E-state index in [1.807, 2.05) is 36.5 Å². The molecule has 1 aliphatic heterocycles. The van der Waals surface area contributed by atoms with Crippen molar-refractivity contribution >= 4 is 35.6 Å². The maximum atomic E-state index is 5.16. The van der Waals surface area contributed by atoms with Gasteiger partial charge in [0.15, 0.2) is 11.8 Å². The number of halogens is 1. The predicted octanol–water partition coefficient (Wildman–Crippen LogP) is 0.826. The lowest BCUT2D eigenvalue weighted by molar-refractivity contribution is 0.203. The van der Waals surface area contributed by atoms with Gasteiger partial charge in [-0.15, -0.1) is 34.2 Å². The Hall–Kier alpha value is -1.89. The number of hydrogen-bond acceptors (Lipinski definition) is 6. The average molecular weight is 517 g/mol. The fourth-order valence-electron chi connectivity index (χ4n) is 3.26. The van der Waals surface area contributed by atoms with Crippen molar-refractivity contribution in [3.63, 3.8) is 0 Å². The highest BCUT2D eigenvalue weighted by molar-refractivity contribution is 14.0. The van der Waals surface area contributed by atoms with E-state index in [-0.39, 0.29) is 24.0 Å². The number of nitrogens with one attached hydrogen (secondary N) is 2. The molecule has 2 aromatic rings. The summed E-state index contributed by atoms with van der Waals surface area (Å²) in [5.41, 5.74) is 1.16. The number of nitrogens with zero attached hydrogens (tertiary/aromatic N) is 7. The van der Waals surface area contributed by atoms with Crippen molar-refractivity contribution in [3.8, 4) is 0 Å². The second kappa shape index (κ2) is 11.3. The average Bonchev–Trinajstić information content (AvgIpc) is 3.26. The van der Waals surface area contributed by atoms with E-state index in [9.17, 15) is 0 Å². The fourth-order valence-corrected chi connectivity index (χ4v) is 3.26. The van der Waals surface area contributed by atoms with Gasteiger partial charge < -0.3 is 24.8 Å². The van der Waals surface area contributed by atoms with Crippen LogP contribution in [-0.4, -0.2) is 69.9 Å². The number of aromatic nitrogens is 5. The van der Waals surface area contributed by atoms with Crippen LogP contribution in [0.2, 0.25) is 0 Å². The summed E-state index contributed by atoms with van der Waals surface area (Å²) in [6.45, 7) is 5.69. The van der Waals surface area contributed by atoms with Crippen molar-refractivity contribution < 1.29 is 4.74 Å². The molecule has 1 saturated heterocycles. The van der Waals surface area contributed by atoms with Crippen molar-refractivity contribution in [3.05, 3.63) is 24.0 Å². The molecule has 11 heteroatoms. The molecule has 10 nitrogen and oxygen atoms in total. The van der Waals surface area contributed by atoms with Crippen LogP contribution in [0.25, 0.3) is 0 Å². The van der Waals surface area contributed by atoms with E-state index in [0.717, 1.165) is 49.2 Å². The van der Waals surface area contributed by atoms with Crippen LogP contribution < -0.4 is 15.5 Å². The molecule has 0 bridgehead atoms. The lowest BCUT2D eigenvalue weighted by Crippen LogP contribution is -2.51. The minimum atomic E-state index is 0. The molecule has 0 spiro atoms. The highest BCUT2D eigenvalue weighted by Crippen LogP contribution is 2.18. The molecule has 2 aromatic heterocycles. The lowest BCUT2D eigenvalue weighted by atomic mass is 10.1. The number of methoxy groups -OCH3 is 1. The summed E-state index contributed by atoms with van der Waals surface area (Å²) in [6.07, 6.45) is 6.21. The van der Waals surface area contributed by atoms with Gasteiger partial charge in [0.1, 0.15) is 12.4 Å². The molecule has 0 saturated carbocycles. The minimum Gasteiger partial charge on any atom is -0.383 e. The number of ether oxygens (including phenoxy) is 1. The number of hydrogen-bond donors (Lipinski definition) is 2. The van der Waals surface area contributed by atoms with Gasteiger partial charge >= 0.3 is 0 Å². The third-order valence-corrected chi connectivity index (χ3v) is 4.98. The summed E-state index contributed by atoms with van der Waals surface area (Å²) in [5.74, 6) is 2.49. The number of piperidine rings is 1. The lowest BCUT2D eigenvalue weighted by Gasteiger charge is -2.34. The van der Waals surface area contributed by atoms with E-state index in [2.05, 4.69) is 37.0 Å². The molecule has 1 aliphatic rings. The second-order valence-electron chi connectivity index (χ2n) is 7.11. The minimum absolute atomic E-state index is 0. The monoisotopic (exact) mass is 517 g/mol. The summed E-state index contributed by atoms with van der Waals surface area (Å²) < 4.78 is 8.96. The Kier molecular flexibility index (Phi) is 9.14. The van der Waals surface area contributed by atoms with E-state index in [4.69, 9.17) is 9.73 Å². The van der Waals surface area contributed by atoms with Crippen molar-refractivity contribution in [2.45, 2.75) is 32.4 Å². The molecule has 3 heterocycles. The smallest absolute Gasteiger partial charge is 0.192 e. The number of aryl methyl sites for hydroxylation is 2. The normalized spacial score (nSPS) is 17.2. The number of guanidine groups is 1. The zero-order valence-corrected chi connectivity index (χ0v) is 20.0. The van der Waals surface area contributed by atoms with Crippen LogP contribution in [0.4, 0.5) is 5.69 Å². The zero-order valence-electron chi connectivity index (χ0n) is 17.6. The van der Waals surface area contributed by atoms with Crippen LogP contribution in [0.15, 0.2) is 17.4 Å². The Morgan fingerprint density at radius 2 is 2.17 bits per heavy atom. The van der Waals surface area contributed by atoms with Crippen molar-refractivity contribution in [2.24, 2.45) is 19.1 Å². The molecule has 29 heavy (non-hydrogen) atoms. The molecular formula is C18H32IN9O. The van der Waals surface area contributed by atoms with Gasteiger partial charge in [0.05, 0.1) is 18.5 Å². The van der Waals surface area contributed by atoms with Crippen LogP contribution in [-0.2, 0) is 25.4 Å². The molecule has 1 fully saturated rings. The summed E-state index contributed by atoms with van der Waals surface area (Å²) in [4.78, 5) is 7.08. The molecular weight excluding hydrogens is 485 g/mol. The number of aliphatic imine (C=N–C) groups is 1. The first-order chi connectivity index (χ1) is 13.6. The van der Waals surface area contributed by atoms with Crippen molar-refractivity contribution in [1.82, 2.24) is 35.2 Å². The number of rotatable bonds is 7. The van der Waals surface area contributed by atoms with Crippen LogP contribution in [0.1, 0.15) is 24.5 Å². The molecule has 0 radical (unpaired) electrons. The van der Waals surface area contributed by atoms with Gasteiger partial charge in [0.25, 0.3) is 0 Å². The number of anilines is 1. The van der Waals surface area contributed by atoms with E-state index < -0.39 is 0 Å². The topological polar surface area (TPSA) is 97.4 Å². The summed E-state index contributed by atoms with van der Waals surface area (Å²) in [6, 6.07) is 0.309. The Balaban J connectivity index is 0.00000300. The van der Waals surface area contributed by atoms with Crippen LogP contribution in [0, 0.1) is 6.92 Å². The molecule has 0 aromatic carbocycles. The van der Waals surface area contributed by atoms with Gasteiger partial charge in [0, 0.05) is 53.1 Å². The summed E-state index contributed by atoms with van der Waals surface area (Å²) in [5, 5.41) is 19.5. The second-order valence-corrected chi connectivity index (χ2v) is 7.11. The predicted molar refractivity (Wildman–Crippen MR) is 124 cm³/mol. The molecule has 2 N–H and O–H groups in total. The van der Waals surface area contributed by atoms with E-state index in [1.54, 1.807) is 7.11 Å². The molecule has 1 atom stereocenters. The third kappa shape index (κ3) is 6.56. The van der Waals surface area contributed by atoms with Gasteiger partial charge in [0.2, 0.25) is 0 Å². The SMILES string of the molecule is COCCNC(=NCc1nnc(C)n1C)NC1CCCN(c2cnn(C)c2)C1.I. The zero-order chi connectivity index (χ0) is 19.9. The highest BCUT2D eigenvalue weighted by atomic mass is 127. The Bertz CT molecular complexity index is 788. The van der Waals surface area contributed by atoms with E-state index in [1.165, 1.54) is 0 Å². The largest absolute Gasteiger partial charge is 0.383 e. The Morgan fingerprint density at radius 1 is 1.34 bits per heavy atom. The van der Waals surface area contributed by atoms with Gasteiger partial charge in [-0.25, -0.2) is 4.99 Å². The Morgan fingerprint density at radius 3 is 2.83 bits per heavy atom. The van der Waals surface area contributed by atoms with Crippen molar-refractivity contribution in [2.75, 3.05) is 38.3 Å². The van der Waals surface area contributed by atoms with E-state index in [0.29, 0.717) is 25.7 Å². The maximum absolute atomic E-state index is 5.16. The third-order valence-electron chi connectivity index (χ3n) is 4.98. The maximum Gasteiger partial charge on any atom is 0.192 e. The quantitative estimate of drug-likeness (QED) is 0.243. The van der Waals surface area contributed by atoms with Crippen LogP contribution in [0.3, 0.4) is 0 Å². The first-order valence-corrected chi connectivity index (χ1v) is 9.69. The first-order valence-electron chi connectivity index (χ1n) is 9.69. The highest BCUT2D eigenvalue weighted by Gasteiger charge is 2.22. The fraction of sp³-hybridized carbons (Fsp3) is 0.667. The Labute approximate surface area is 189 Å².